The van der Waals surface area contributed by atoms with Crippen LogP contribution in [0.3, 0.4) is 0 Å². The number of piperidine rings is 1. The van der Waals surface area contributed by atoms with Crippen LogP contribution in [0.15, 0.2) is 24.3 Å². The minimum atomic E-state index is -0.807. The Hall–Kier alpha value is -2.70. The lowest BCUT2D eigenvalue weighted by atomic mass is 9.95. The van der Waals surface area contributed by atoms with Gasteiger partial charge in [-0.1, -0.05) is 39.8 Å². The third-order valence-corrected chi connectivity index (χ3v) is 6.85. The van der Waals surface area contributed by atoms with Crippen LogP contribution in [0, 0.1) is 5.92 Å². The van der Waals surface area contributed by atoms with E-state index in [2.05, 4.69) is 36.1 Å². The van der Waals surface area contributed by atoms with Crippen molar-refractivity contribution < 1.29 is 14.4 Å². The van der Waals surface area contributed by atoms with Crippen molar-refractivity contribution in [3.05, 3.63) is 30.1 Å². The molecule has 0 bridgehead atoms. The Kier molecular flexibility index (Phi) is 9.25. The van der Waals surface area contributed by atoms with E-state index in [0.717, 1.165) is 55.5 Å². The SMILES string of the molecule is CC[C@H]1CCCCN1C(=O)C[C@H](NC(=O)CCC(C)C)C(=O)C[C@H](C)c1nc2ccccc2[nH]1. The summed E-state index contributed by atoms with van der Waals surface area (Å²) in [5.41, 5.74) is 1.79. The van der Waals surface area contributed by atoms with Gasteiger partial charge in [0.05, 0.1) is 23.5 Å². The van der Waals surface area contributed by atoms with E-state index in [1.54, 1.807) is 0 Å². The summed E-state index contributed by atoms with van der Waals surface area (Å²) in [4.78, 5) is 49.0. The lowest BCUT2D eigenvalue weighted by Gasteiger charge is -2.36. The second kappa shape index (κ2) is 12.1. The van der Waals surface area contributed by atoms with Crippen molar-refractivity contribution in [1.29, 1.82) is 0 Å². The summed E-state index contributed by atoms with van der Waals surface area (Å²) in [5.74, 6) is 0.668. The lowest BCUT2D eigenvalue weighted by molar-refractivity contribution is -0.138. The number of carbonyl (C=O) groups excluding carboxylic acids is 3. The van der Waals surface area contributed by atoms with Gasteiger partial charge in [0, 0.05) is 31.3 Å². The maximum Gasteiger partial charge on any atom is 0.225 e. The fourth-order valence-electron chi connectivity index (χ4n) is 4.72. The van der Waals surface area contributed by atoms with Crippen molar-refractivity contribution in [2.75, 3.05) is 6.54 Å². The maximum absolute atomic E-state index is 13.4. The van der Waals surface area contributed by atoms with E-state index in [1.165, 1.54) is 0 Å². The molecule has 2 aromatic rings. The van der Waals surface area contributed by atoms with Gasteiger partial charge in [-0.05, 0) is 50.2 Å². The fraction of sp³-hybridized carbons (Fsp3) is 0.630. The number of para-hydroxylation sites is 2. The van der Waals surface area contributed by atoms with E-state index in [-0.39, 0.29) is 42.4 Å². The highest BCUT2D eigenvalue weighted by molar-refractivity contribution is 5.93. The average molecular weight is 469 g/mol. The first kappa shape index (κ1) is 25.9. The van der Waals surface area contributed by atoms with Crippen LogP contribution in [0.2, 0.25) is 0 Å². The number of benzene rings is 1. The van der Waals surface area contributed by atoms with Crippen LogP contribution >= 0.6 is 0 Å². The van der Waals surface area contributed by atoms with Crippen molar-refractivity contribution >= 4 is 28.6 Å². The smallest absolute Gasteiger partial charge is 0.225 e. The Labute approximate surface area is 203 Å². The second-order valence-corrected chi connectivity index (χ2v) is 10.1. The van der Waals surface area contributed by atoms with E-state index in [0.29, 0.717) is 12.3 Å². The van der Waals surface area contributed by atoms with Crippen molar-refractivity contribution in [1.82, 2.24) is 20.2 Å². The third kappa shape index (κ3) is 6.90. The number of ketones is 1. The number of rotatable bonds is 11. The summed E-state index contributed by atoms with van der Waals surface area (Å²) >= 11 is 0. The topological polar surface area (TPSA) is 95.2 Å². The minimum Gasteiger partial charge on any atom is -0.346 e. The highest BCUT2D eigenvalue weighted by atomic mass is 16.2. The van der Waals surface area contributed by atoms with Gasteiger partial charge in [0.15, 0.2) is 5.78 Å². The number of hydrogen-bond acceptors (Lipinski definition) is 4. The Balaban J connectivity index is 1.70. The molecule has 1 aromatic carbocycles. The number of likely N-dealkylation sites (tertiary alicyclic amines) is 1. The number of hydrogen-bond donors (Lipinski definition) is 2. The van der Waals surface area contributed by atoms with Gasteiger partial charge >= 0.3 is 0 Å². The summed E-state index contributed by atoms with van der Waals surface area (Å²) < 4.78 is 0. The molecule has 1 fully saturated rings. The number of nitrogens with zero attached hydrogens (tertiary/aromatic N) is 2. The summed E-state index contributed by atoms with van der Waals surface area (Å²) in [7, 11) is 0. The standard InChI is InChI=1S/C27H40N4O3/c1-5-20-10-8-9-15-31(20)26(34)17-23(28-25(33)14-13-18(2)3)24(32)16-19(4)27-29-21-11-6-7-12-22(21)30-27/h6-7,11-12,18-20,23H,5,8-10,13-17H2,1-4H3,(H,28,33)(H,29,30)/t19-,20-,23-/m0/s1. The van der Waals surface area contributed by atoms with Crippen LogP contribution in [0.5, 0.6) is 0 Å². The first-order chi connectivity index (χ1) is 16.3. The molecule has 3 atom stereocenters. The van der Waals surface area contributed by atoms with Crippen LogP contribution in [0.1, 0.15) is 90.8 Å². The lowest BCUT2D eigenvalue weighted by Crippen LogP contribution is -2.49. The Morgan fingerprint density at radius 3 is 2.62 bits per heavy atom. The number of imidazole rings is 1. The zero-order valence-electron chi connectivity index (χ0n) is 21.1. The van der Waals surface area contributed by atoms with Gasteiger partial charge in [-0.3, -0.25) is 14.4 Å². The monoisotopic (exact) mass is 468 g/mol. The molecule has 1 aliphatic rings. The number of carbonyl (C=O) groups is 3. The second-order valence-electron chi connectivity index (χ2n) is 10.1. The zero-order valence-corrected chi connectivity index (χ0v) is 21.1. The molecule has 2 N–H and O–H groups in total. The van der Waals surface area contributed by atoms with Gasteiger partial charge < -0.3 is 15.2 Å². The molecule has 2 amide bonds. The normalized spacial score (nSPS) is 18.1. The molecule has 1 aromatic heterocycles. The first-order valence-electron chi connectivity index (χ1n) is 12.8. The number of H-pyrrole nitrogens is 1. The molecular formula is C27H40N4O3. The maximum atomic E-state index is 13.4. The van der Waals surface area contributed by atoms with Gasteiger partial charge in [0.1, 0.15) is 5.82 Å². The van der Waals surface area contributed by atoms with Crippen molar-refractivity contribution in [3.63, 3.8) is 0 Å². The molecule has 0 saturated carbocycles. The van der Waals surface area contributed by atoms with E-state index >= 15 is 0 Å². The molecule has 7 nitrogen and oxygen atoms in total. The predicted molar refractivity (Wildman–Crippen MR) is 134 cm³/mol. The fourth-order valence-corrected chi connectivity index (χ4v) is 4.72. The summed E-state index contributed by atoms with van der Waals surface area (Å²) in [6.45, 7) is 8.91. The van der Waals surface area contributed by atoms with Crippen LogP contribution in [-0.2, 0) is 14.4 Å². The molecule has 1 saturated heterocycles. The minimum absolute atomic E-state index is 0.0234. The highest BCUT2D eigenvalue weighted by Crippen LogP contribution is 2.23. The van der Waals surface area contributed by atoms with Gasteiger partial charge in [0.2, 0.25) is 11.8 Å². The molecule has 0 radical (unpaired) electrons. The van der Waals surface area contributed by atoms with E-state index in [4.69, 9.17) is 0 Å². The molecule has 0 aliphatic carbocycles. The molecule has 186 valence electrons. The van der Waals surface area contributed by atoms with Crippen LogP contribution < -0.4 is 5.32 Å². The Morgan fingerprint density at radius 2 is 1.91 bits per heavy atom. The van der Waals surface area contributed by atoms with Gasteiger partial charge in [-0.2, -0.15) is 0 Å². The summed E-state index contributed by atoms with van der Waals surface area (Å²) in [5, 5.41) is 2.89. The molecule has 0 spiro atoms. The van der Waals surface area contributed by atoms with E-state index in [1.807, 2.05) is 36.1 Å². The molecule has 0 unspecified atom stereocenters. The quantitative estimate of drug-likeness (QED) is 0.498. The zero-order chi connectivity index (χ0) is 24.7. The molecule has 2 heterocycles. The molecule has 7 heteroatoms. The van der Waals surface area contributed by atoms with Crippen LogP contribution in [0.4, 0.5) is 0 Å². The molecule has 1 aliphatic heterocycles. The number of nitrogens with one attached hydrogen (secondary N) is 2. The summed E-state index contributed by atoms with van der Waals surface area (Å²) in [6, 6.07) is 7.18. The first-order valence-corrected chi connectivity index (χ1v) is 12.8. The van der Waals surface area contributed by atoms with Crippen LogP contribution in [0.25, 0.3) is 11.0 Å². The average Bonchev–Trinajstić information content (AvgIpc) is 3.26. The van der Waals surface area contributed by atoms with Crippen molar-refractivity contribution in [2.24, 2.45) is 5.92 Å². The number of fused-ring (bicyclic) bond motifs is 1. The van der Waals surface area contributed by atoms with Crippen molar-refractivity contribution in [2.45, 2.75) is 97.1 Å². The highest BCUT2D eigenvalue weighted by Gasteiger charge is 2.31. The number of amides is 2. The Morgan fingerprint density at radius 1 is 1.15 bits per heavy atom. The van der Waals surface area contributed by atoms with Gasteiger partial charge in [0.25, 0.3) is 0 Å². The summed E-state index contributed by atoms with van der Waals surface area (Å²) in [6.07, 6.45) is 5.38. The number of aromatic nitrogens is 2. The van der Waals surface area contributed by atoms with Gasteiger partial charge in [-0.25, -0.2) is 4.98 Å². The molecular weight excluding hydrogens is 428 g/mol. The predicted octanol–water partition coefficient (Wildman–Crippen LogP) is 4.73. The van der Waals surface area contributed by atoms with E-state index < -0.39 is 6.04 Å². The van der Waals surface area contributed by atoms with Crippen molar-refractivity contribution in [3.8, 4) is 0 Å². The number of aromatic amines is 1. The van der Waals surface area contributed by atoms with E-state index in [9.17, 15) is 14.4 Å². The largest absolute Gasteiger partial charge is 0.346 e. The Bertz CT molecular complexity index is 950. The molecule has 34 heavy (non-hydrogen) atoms. The third-order valence-electron chi connectivity index (χ3n) is 6.85. The van der Waals surface area contributed by atoms with Crippen LogP contribution in [-0.4, -0.2) is 51.1 Å². The van der Waals surface area contributed by atoms with Gasteiger partial charge in [-0.15, -0.1) is 0 Å². The molecule has 3 rings (SSSR count). The number of Topliss-reactive ketones (excluding diaryl/α,β-unsaturated/α-hetero) is 1.